The molecule has 0 radical (unpaired) electrons. The number of hydrogen-bond acceptors (Lipinski definition) is 2. The summed E-state index contributed by atoms with van der Waals surface area (Å²) in [7, 11) is 1.91. The van der Waals surface area contributed by atoms with E-state index < -0.39 is 0 Å². The van der Waals surface area contributed by atoms with Crippen LogP contribution in [-0.4, -0.2) is 9.67 Å². The lowest BCUT2D eigenvalue weighted by atomic mass is 10.1. The Balaban J connectivity index is 2.64. The Bertz CT molecular complexity index is 567. The summed E-state index contributed by atoms with van der Waals surface area (Å²) in [4.78, 5) is 11.4. The van der Waals surface area contributed by atoms with Crippen molar-refractivity contribution >= 4 is 0 Å². The molecule has 2 aromatic rings. The van der Waals surface area contributed by atoms with Crippen molar-refractivity contribution in [3.8, 4) is 17.0 Å². The quantitative estimate of drug-likeness (QED) is 0.791. The summed E-state index contributed by atoms with van der Waals surface area (Å²) in [6.07, 6.45) is 0. The number of hydrogen-bond donors (Lipinski definition) is 1. The van der Waals surface area contributed by atoms with Crippen molar-refractivity contribution < 1.29 is 5.11 Å². The lowest BCUT2D eigenvalue weighted by Gasteiger charge is -2.11. The zero-order valence-electron chi connectivity index (χ0n) is 9.27. The fourth-order valence-electron chi connectivity index (χ4n) is 1.68. The second-order valence-electron chi connectivity index (χ2n) is 3.82. The highest BCUT2D eigenvalue weighted by Gasteiger charge is 2.04. The average molecular weight is 215 g/mol. The molecule has 82 valence electrons. The van der Waals surface area contributed by atoms with Crippen molar-refractivity contribution in [1.82, 2.24) is 4.57 Å². The minimum Gasteiger partial charge on any atom is -0.508 e. The topological polar surface area (TPSA) is 42.2 Å². The number of aromatic nitrogens is 1. The average Bonchev–Trinajstić information content (AvgIpc) is 2.25. The van der Waals surface area contributed by atoms with Gasteiger partial charge in [0.15, 0.2) is 5.43 Å². The van der Waals surface area contributed by atoms with E-state index in [-0.39, 0.29) is 11.2 Å². The third-order valence-electron chi connectivity index (χ3n) is 2.68. The van der Waals surface area contributed by atoms with E-state index in [1.54, 1.807) is 36.4 Å². The highest BCUT2D eigenvalue weighted by atomic mass is 16.3. The van der Waals surface area contributed by atoms with Gasteiger partial charge in [-0.15, -0.1) is 0 Å². The molecule has 1 aromatic carbocycles. The lowest BCUT2D eigenvalue weighted by Crippen LogP contribution is -2.09. The first-order chi connectivity index (χ1) is 7.58. The Morgan fingerprint density at radius 2 is 1.75 bits per heavy atom. The number of benzene rings is 1. The number of phenols is 1. The molecule has 0 spiro atoms. The third kappa shape index (κ3) is 1.84. The van der Waals surface area contributed by atoms with Crippen LogP contribution in [0.15, 0.2) is 41.2 Å². The van der Waals surface area contributed by atoms with Crippen molar-refractivity contribution in [2.75, 3.05) is 0 Å². The molecule has 0 aliphatic heterocycles. The fourth-order valence-corrected chi connectivity index (χ4v) is 1.68. The molecule has 0 fully saturated rings. The van der Waals surface area contributed by atoms with Crippen LogP contribution in [0, 0.1) is 6.92 Å². The molecule has 0 saturated carbocycles. The van der Waals surface area contributed by atoms with E-state index in [0.29, 0.717) is 0 Å². The maximum atomic E-state index is 11.4. The van der Waals surface area contributed by atoms with E-state index in [9.17, 15) is 9.90 Å². The molecular formula is C13H13NO2. The molecule has 16 heavy (non-hydrogen) atoms. The van der Waals surface area contributed by atoms with Crippen molar-refractivity contribution in [2.24, 2.45) is 7.05 Å². The molecule has 0 amide bonds. The van der Waals surface area contributed by atoms with Gasteiger partial charge in [-0.25, -0.2) is 0 Å². The lowest BCUT2D eigenvalue weighted by molar-refractivity contribution is 0.475. The summed E-state index contributed by atoms with van der Waals surface area (Å²) in [5.41, 5.74) is 2.68. The largest absolute Gasteiger partial charge is 0.508 e. The Hall–Kier alpha value is -2.03. The molecule has 3 nitrogen and oxygen atoms in total. The zero-order chi connectivity index (χ0) is 11.7. The predicted molar refractivity (Wildman–Crippen MR) is 63.5 cm³/mol. The number of nitrogens with zero attached hydrogens (tertiary/aromatic N) is 1. The standard InChI is InChI=1S/C13H13NO2/c1-9-7-12(16)8-13(14(9)2)10-3-5-11(15)6-4-10/h3-8,15H,1-2H3. The van der Waals surface area contributed by atoms with Gasteiger partial charge in [-0.1, -0.05) is 0 Å². The highest BCUT2D eigenvalue weighted by Crippen LogP contribution is 2.20. The van der Waals surface area contributed by atoms with Gasteiger partial charge in [-0.3, -0.25) is 4.79 Å². The first-order valence-electron chi connectivity index (χ1n) is 5.05. The molecule has 0 saturated heterocycles. The van der Waals surface area contributed by atoms with Gasteiger partial charge < -0.3 is 9.67 Å². The third-order valence-corrected chi connectivity index (χ3v) is 2.68. The molecule has 0 unspecified atom stereocenters. The zero-order valence-corrected chi connectivity index (χ0v) is 9.27. The molecule has 2 rings (SSSR count). The van der Waals surface area contributed by atoms with Crippen molar-refractivity contribution in [3.05, 3.63) is 52.3 Å². The van der Waals surface area contributed by atoms with Crippen LogP contribution in [0.25, 0.3) is 11.3 Å². The number of rotatable bonds is 1. The van der Waals surface area contributed by atoms with Crippen LogP contribution in [0.2, 0.25) is 0 Å². The van der Waals surface area contributed by atoms with Crippen molar-refractivity contribution in [3.63, 3.8) is 0 Å². The molecular weight excluding hydrogens is 202 g/mol. The van der Waals surface area contributed by atoms with E-state index >= 15 is 0 Å². The summed E-state index contributed by atoms with van der Waals surface area (Å²) in [6, 6.07) is 10.0. The monoisotopic (exact) mass is 215 g/mol. The Morgan fingerprint density at radius 1 is 1.12 bits per heavy atom. The maximum Gasteiger partial charge on any atom is 0.182 e. The van der Waals surface area contributed by atoms with Gasteiger partial charge in [0.2, 0.25) is 0 Å². The Kier molecular flexibility index (Phi) is 2.52. The van der Waals surface area contributed by atoms with Crippen molar-refractivity contribution in [2.45, 2.75) is 6.92 Å². The van der Waals surface area contributed by atoms with E-state index in [1.165, 1.54) is 0 Å². The number of aryl methyl sites for hydroxylation is 1. The van der Waals surface area contributed by atoms with Gasteiger partial charge in [0, 0.05) is 24.9 Å². The maximum absolute atomic E-state index is 11.4. The minimum absolute atomic E-state index is 0.00123. The number of aromatic hydroxyl groups is 1. The van der Waals surface area contributed by atoms with Crippen LogP contribution < -0.4 is 5.43 Å². The van der Waals surface area contributed by atoms with Gasteiger partial charge in [0.25, 0.3) is 0 Å². The molecule has 3 heteroatoms. The second kappa shape index (κ2) is 3.85. The Morgan fingerprint density at radius 3 is 2.38 bits per heavy atom. The van der Waals surface area contributed by atoms with Gasteiger partial charge in [-0.05, 0) is 36.8 Å². The molecule has 0 atom stereocenters. The van der Waals surface area contributed by atoms with Gasteiger partial charge in [-0.2, -0.15) is 0 Å². The van der Waals surface area contributed by atoms with Gasteiger partial charge in [0.1, 0.15) is 5.75 Å². The minimum atomic E-state index is -0.00123. The highest BCUT2D eigenvalue weighted by molar-refractivity contribution is 5.60. The van der Waals surface area contributed by atoms with Gasteiger partial charge in [0.05, 0.1) is 5.69 Å². The summed E-state index contributed by atoms with van der Waals surface area (Å²) >= 11 is 0. The molecule has 0 aliphatic carbocycles. The summed E-state index contributed by atoms with van der Waals surface area (Å²) < 4.78 is 1.95. The van der Waals surface area contributed by atoms with Crippen molar-refractivity contribution in [1.29, 1.82) is 0 Å². The number of pyridine rings is 1. The smallest absolute Gasteiger partial charge is 0.182 e. The van der Waals surface area contributed by atoms with E-state index in [0.717, 1.165) is 17.0 Å². The second-order valence-corrected chi connectivity index (χ2v) is 3.82. The van der Waals surface area contributed by atoms with E-state index in [1.807, 2.05) is 18.5 Å². The Labute approximate surface area is 93.6 Å². The predicted octanol–water partition coefficient (Wildman–Crippen LogP) is 2.07. The first-order valence-corrected chi connectivity index (χ1v) is 5.05. The fraction of sp³-hybridized carbons (Fsp3) is 0.154. The van der Waals surface area contributed by atoms with Crippen LogP contribution >= 0.6 is 0 Å². The summed E-state index contributed by atoms with van der Waals surface area (Å²) in [5.74, 6) is 0.224. The van der Waals surface area contributed by atoms with Crippen LogP contribution in [-0.2, 0) is 7.05 Å². The molecule has 1 heterocycles. The SMILES string of the molecule is Cc1cc(=O)cc(-c2ccc(O)cc2)n1C. The van der Waals surface area contributed by atoms with Crippen LogP contribution in [0.5, 0.6) is 5.75 Å². The molecule has 0 bridgehead atoms. The van der Waals surface area contributed by atoms with Crippen LogP contribution in [0.4, 0.5) is 0 Å². The van der Waals surface area contributed by atoms with E-state index in [4.69, 9.17) is 0 Å². The molecule has 1 aromatic heterocycles. The molecule has 1 N–H and O–H groups in total. The van der Waals surface area contributed by atoms with Gasteiger partial charge >= 0.3 is 0 Å². The first kappa shape index (κ1) is 10.5. The number of phenolic OH excluding ortho intramolecular Hbond substituents is 1. The van der Waals surface area contributed by atoms with Crippen LogP contribution in [0.3, 0.4) is 0 Å². The summed E-state index contributed by atoms with van der Waals surface area (Å²) in [5, 5.41) is 9.21. The van der Waals surface area contributed by atoms with E-state index in [2.05, 4.69) is 0 Å². The summed E-state index contributed by atoms with van der Waals surface area (Å²) in [6.45, 7) is 1.89. The molecule has 0 aliphatic rings. The van der Waals surface area contributed by atoms with Crippen LogP contribution in [0.1, 0.15) is 5.69 Å². The normalized spacial score (nSPS) is 10.4.